The van der Waals surface area contributed by atoms with E-state index in [2.05, 4.69) is 4.99 Å². The predicted octanol–water partition coefficient (Wildman–Crippen LogP) is 3.43. The first kappa shape index (κ1) is 19.1. The number of fused-ring (bicyclic) bond motifs is 1. The summed E-state index contributed by atoms with van der Waals surface area (Å²) in [6, 6.07) is 14.5. The Hall–Kier alpha value is -2.64. The van der Waals surface area contributed by atoms with Crippen molar-refractivity contribution in [2.45, 2.75) is 13.0 Å². The SMILES string of the molecule is COC(=O)CCn1c(=NC(=O)COc2ccccc2)sc2cc(Cl)ccc21. The second-order valence-electron chi connectivity index (χ2n) is 5.58. The van der Waals surface area contributed by atoms with Gasteiger partial charge in [-0.25, -0.2) is 0 Å². The lowest BCUT2D eigenvalue weighted by Gasteiger charge is -2.05. The minimum absolute atomic E-state index is 0.171. The van der Waals surface area contributed by atoms with Crippen LogP contribution in [0.3, 0.4) is 0 Å². The van der Waals surface area contributed by atoms with Gasteiger partial charge in [-0.15, -0.1) is 0 Å². The third-order valence-corrected chi connectivity index (χ3v) is 5.01. The Kier molecular flexibility index (Phi) is 6.26. The Bertz CT molecular complexity index is 1030. The van der Waals surface area contributed by atoms with E-state index in [9.17, 15) is 9.59 Å². The van der Waals surface area contributed by atoms with E-state index in [1.807, 2.05) is 28.8 Å². The lowest BCUT2D eigenvalue weighted by molar-refractivity contribution is -0.140. The maximum atomic E-state index is 12.3. The van der Waals surface area contributed by atoms with E-state index in [-0.39, 0.29) is 19.0 Å². The van der Waals surface area contributed by atoms with Gasteiger partial charge in [0.2, 0.25) is 0 Å². The smallest absolute Gasteiger partial charge is 0.307 e. The van der Waals surface area contributed by atoms with Crippen LogP contribution >= 0.6 is 22.9 Å². The molecular weight excluding hydrogens is 388 g/mol. The molecule has 0 saturated heterocycles. The van der Waals surface area contributed by atoms with Crippen LogP contribution in [0.1, 0.15) is 6.42 Å². The molecule has 0 fully saturated rings. The lowest BCUT2D eigenvalue weighted by Crippen LogP contribution is -2.21. The van der Waals surface area contributed by atoms with E-state index < -0.39 is 5.91 Å². The molecule has 6 nitrogen and oxygen atoms in total. The molecule has 0 saturated carbocycles. The molecular formula is C19H17ClN2O4S. The topological polar surface area (TPSA) is 69.9 Å². The summed E-state index contributed by atoms with van der Waals surface area (Å²) in [5.74, 6) is -0.147. The number of ether oxygens (including phenoxy) is 2. The second-order valence-corrected chi connectivity index (χ2v) is 7.03. The molecule has 140 valence electrons. The largest absolute Gasteiger partial charge is 0.484 e. The molecule has 1 amide bonds. The number of methoxy groups -OCH3 is 1. The van der Waals surface area contributed by atoms with Crippen LogP contribution in [0, 0.1) is 0 Å². The summed E-state index contributed by atoms with van der Waals surface area (Å²) in [6.45, 7) is 0.177. The van der Waals surface area contributed by atoms with Crippen LogP contribution in [0.4, 0.5) is 0 Å². The summed E-state index contributed by atoms with van der Waals surface area (Å²) in [7, 11) is 1.34. The molecule has 0 N–H and O–H groups in total. The molecule has 0 aliphatic rings. The normalized spacial score (nSPS) is 11.6. The fraction of sp³-hybridized carbons (Fsp3) is 0.211. The molecule has 0 aliphatic heterocycles. The summed E-state index contributed by atoms with van der Waals surface area (Å²) < 4.78 is 12.8. The van der Waals surface area contributed by atoms with Crippen LogP contribution in [0.15, 0.2) is 53.5 Å². The summed E-state index contributed by atoms with van der Waals surface area (Å²) >= 11 is 7.39. The Labute approximate surface area is 164 Å². The maximum absolute atomic E-state index is 12.3. The average Bonchev–Trinajstić information content (AvgIpc) is 3.01. The average molecular weight is 405 g/mol. The van der Waals surface area contributed by atoms with Crippen molar-refractivity contribution in [1.29, 1.82) is 0 Å². The highest BCUT2D eigenvalue weighted by atomic mass is 35.5. The molecule has 0 unspecified atom stereocenters. The molecule has 0 radical (unpaired) electrons. The Morgan fingerprint density at radius 3 is 2.70 bits per heavy atom. The van der Waals surface area contributed by atoms with Gasteiger partial charge in [0.1, 0.15) is 5.75 Å². The van der Waals surface area contributed by atoms with Gasteiger partial charge in [0.25, 0.3) is 5.91 Å². The van der Waals surface area contributed by atoms with Gasteiger partial charge >= 0.3 is 5.97 Å². The predicted molar refractivity (Wildman–Crippen MR) is 104 cm³/mol. The first-order chi connectivity index (χ1) is 13.1. The van der Waals surface area contributed by atoms with Gasteiger partial charge in [-0.2, -0.15) is 4.99 Å². The third-order valence-electron chi connectivity index (χ3n) is 3.74. The number of amides is 1. The number of para-hydroxylation sites is 1. The number of carbonyl (C=O) groups excluding carboxylic acids is 2. The van der Waals surface area contributed by atoms with Crippen LogP contribution in [0.2, 0.25) is 5.02 Å². The van der Waals surface area contributed by atoms with Gasteiger partial charge in [-0.1, -0.05) is 41.1 Å². The number of esters is 1. The Morgan fingerprint density at radius 1 is 1.19 bits per heavy atom. The molecule has 3 rings (SSSR count). The highest BCUT2D eigenvalue weighted by Crippen LogP contribution is 2.22. The van der Waals surface area contributed by atoms with Crippen molar-refractivity contribution in [3.8, 4) is 5.75 Å². The van der Waals surface area contributed by atoms with Crippen LogP contribution in [0.5, 0.6) is 5.75 Å². The minimum atomic E-state index is -0.414. The van der Waals surface area contributed by atoms with Crippen molar-refractivity contribution in [3.05, 3.63) is 58.4 Å². The number of benzene rings is 2. The Balaban J connectivity index is 1.87. The zero-order valence-corrected chi connectivity index (χ0v) is 16.1. The first-order valence-electron chi connectivity index (χ1n) is 8.18. The fourth-order valence-corrected chi connectivity index (χ4v) is 3.80. The molecule has 27 heavy (non-hydrogen) atoms. The summed E-state index contributed by atoms with van der Waals surface area (Å²) in [6.07, 6.45) is 0.173. The minimum Gasteiger partial charge on any atom is -0.484 e. The highest BCUT2D eigenvalue weighted by molar-refractivity contribution is 7.16. The number of nitrogens with zero attached hydrogens (tertiary/aromatic N) is 2. The van der Waals surface area contributed by atoms with Gasteiger partial charge in [-0.05, 0) is 30.3 Å². The van der Waals surface area contributed by atoms with Gasteiger partial charge in [-0.3, -0.25) is 9.59 Å². The van der Waals surface area contributed by atoms with Crippen LogP contribution in [-0.4, -0.2) is 30.2 Å². The molecule has 0 spiro atoms. The number of aryl methyl sites for hydroxylation is 1. The number of thiazole rings is 1. The third kappa shape index (κ3) is 4.96. The molecule has 3 aromatic rings. The first-order valence-corrected chi connectivity index (χ1v) is 9.37. The highest BCUT2D eigenvalue weighted by Gasteiger charge is 2.11. The lowest BCUT2D eigenvalue weighted by atomic mass is 10.3. The van der Waals surface area contributed by atoms with Gasteiger partial charge in [0.05, 0.1) is 23.7 Å². The van der Waals surface area contributed by atoms with E-state index in [4.69, 9.17) is 21.1 Å². The van der Waals surface area contributed by atoms with Crippen molar-refractivity contribution in [2.75, 3.05) is 13.7 Å². The molecule has 0 bridgehead atoms. The number of halogens is 1. The number of hydrogen-bond donors (Lipinski definition) is 0. The number of aromatic nitrogens is 1. The van der Waals surface area contributed by atoms with Crippen LogP contribution < -0.4 is 9.54 Å². The van der Waals surface area contributed by atoms with Crippen molar-refractivity contribution in [3.63, 3.8) is 0 Å². The quantitative estimate of drug-likeness (QED) is 0.590. The summed E-state index contributed by atoms with van der Waals surface area (Å²) in [5.41, 5.74) is 0.851. The van der Waals surface area contributed by atoms with Crippen LogP contribution in [0.25, 0.3) is 10.2 Å². The van der Waals surface area contributed by atoms with Gasteiger partial charge in [0, 0.05) is 11.6 Å². The van der Waals surface area contributed by atoms with Crippen molar-refractivity contribution in [2.24, 2.45) is 4.99 Å². The number of hydrogen-bond acceptors (Lipinski definition) is 5. The molecule has 0 aliphatic carbocycles. The Morgan fingerprint density at radius 2 is 1.96 bits per heavy atom. The maximum Gasteiger partial charge on any atom is 0.307 e. The van der Waals surface area contributed by atoms with Gasteiger partial charge in [0.15, 0.2) is 11.4 Å². The zero-order valence-electron chi connectivity index (χ0n) is 14.6. The summed E-state index contributed by atoms with van der Waals surface area (Å²) in [4.78, 5) is 28.4. The van der Waals surface area contributed by atoms with Crippen molar-refractivity contribution >= 4 is 45.0 Å². The standard InChI is InChI=1S/C19H17ClN2O4S/c1-25-18(24)9-10-22-15-8-7-13(20)11-16(15)27-19(22)21-17(23)12-26-14-5-3-2-4-6-14/h2-8,11H,9-10,12H2,1H3. The zero-order chi connectivity index (χ0) is 19.2. The number of rotatable bonds is 6. The molecule has 1 aromatic heterocycles. The van der Waals surface area contributed by atoms with E-state index in [0.29, 0.717) is 22.1 Å². The van der Waals surface area contributed by atoms with E-state index in [1.165, 1.54) is 18.4 Å². The van der Waals surface area contributed by atoms with E-state index >= 15 is 0 Å². The van der Waals surface area contributed by atoms with Crippen LogP contribution in [-0.2, 0) is 20.9 Å². The van der Waals surface area contributed by atoms with Gasteiger partial charge < -0.3 is 14.0 Å². The number of carbonyl (C=O) groups is 2. The van der Waals surface area contributed by atoms with Crippen molar-refractivity contribution < 1.29 is 19.1 Å². The monoisotopic (exact) mass is 404 g/mol. The molecule has 1 heterocycles. The molecule has 2 aromatic carbocycles. The van der Waals surface area contributed by atoms with E-state index in [0.717, 1.165) is 10.2 Å². The molecule has 0 atom stereocenters. The fourth-order valence-electron chi connectivity index (χ4n) is 2.45. The molecule has 8 heteroatoms. The summed E-state index contributed by atoms with van der Waals surface area (Å²) in [5, 5.41) is 0.592. The van der Waals surface area contributed by atoms with Crippen molar-refractivity contribution in [1.82, 2.24) is 4.57 Å². The second kappa shape index (κ2) is 8.83. The van der Waals surface area contributed by atoms with E-state index in [1.54, 1.807) is 24.3 Å².